The number of methoxy groups -OCH3 is 1. The maximum atomic E-state index is 12.9. The number of aromatic nitrogens is 3. The fourth-order valence-corrected chi connectivity index (χ4v) is 3.59. The highest BCUT2D eigenvalue weighted by molar-refractivity contribution is 6.06. The zero-order valence-electron chi connectivity index (χ0n) is 14.8. The molecule has 0 radical (unpaired) electrons. The van der Waals surface area contributed by atoms with E-state index in [2.05, 4.69) is 10.6 Å². The van der Waals surface area contributed by atoms with E-state index < -0.39 is 0 Å². The van der Waals surface area contributed by atoms with Crippen molar-refractivity contribution in [2.75, 3.05) is 26.8 Å². The smallest absolute Gasteiger partial charge is 0.252 e. The van der Waals surface area contributed by atoms with Crippen LogP contribution in [0, 0.1) is 0 Å². The van der Waals surface area contributed by atoms with Crippen LogP contribution in [0.3, 0.4) is 0 Å². The second kappa shape index (κ2) is 6.72. The third-order valence-electron chi connectivity index (χ3n) is 5.06. The summed E-state index contributed by atoms with van der Waals surface area (Å²) in [5.74, 6) is 0.413. The van der Waals surface area contributed by atoms with Crippen LogP contribution in [0.2, 0.25) is 0 Å². The summed E-state index contributed by atoms with van der Waals surface area (Å²) in [6, 6.07) is 2.17. The molecule has 1 saturated heterocycles. The van der Waals surface area contributed by atoms with E-state index in [9.17, 15) is 4.79 Å². The normalized spacial score (nSPS) is 20.3. The summed E-state index contributed by atoms with van der Waals surface area (Å²) in [4.78, 5) is 17.7. The van der Waals surface area contributed by atoms with Crippen molar-refractivity contribution < 1.29 is 9.53 Å². The van der Waals surface area contributed by atoms with Crippen molar-refractivity contribution in [1.29, 1.82) is 0 Å². The molecule has 2 N–H and O–H groups in total. The quantitative estimate of drug-likeness (QED) is 0.780. The second-order valence-corrected chi connectivity index (χ2v) is 6.97. The zero-order chi connectivity index (χ0) is 17.4. The number of nitrogens with zero attached hydrogens (tertiary/aromatic N) is 3. The highest BCUT2D eigenvalue weighted by atomic mass is 16.5. The van der Waals surface area contributed by atoms with Gasteiger partial charge in [-0.2, -0.15) is 5.10 Å². The maximum Gasteiger partial charge on any atom is 0.252 e. The van der Waals surface area contributed by atoms with Crippen LogP contribution in [0.5, 0.6) is 0 Å². The van der Waals surface area contributed by atoms with E-state index in [0.717, 1.165) is 54.6 Å². The van der Waals surface area contributed by atoms with Gasteiger partial charge in [-0.05, 0) is 38.3 Å². The van der Waals surface area contributed by atoms with Crippen LogP contribution >= 0.6 is 0 Å². The average Bonchev–Trinajstić information content (AvgIpc) is 3.22. The number of nitrogens with one attached hydrogen (secondary N) is 2. The Morgan fingerprint density at radius 2 is 2.28 bits per heavy atom. The number of ether oxygens (including phenoxy) is 1. The monoisotopic (exact) mass is 343 g/mol. The molecule has 0 spiro atoms. The van der Waals surface area contributed by atoms with Crippen LogP contribution in [-0.4, -0.2) is 47.5 Å². The van der Waals surface area contributed by atoms with Crippen molar-refractivity contribution >= 4 is 16.9 Å². The van der Waals surface area contributed by atoms with E-state index in [1.54, 1.807) is 7.11 Å². The molecule has 3 heterocycles. The van der Waals surface area contributed by atoms with Crippen molar-refractivity contribution in [1.82, 2.24) is 25.4 Å². The molecule has 2 aromatic heterocycles. The molecule has 1 atom stereocenters. The molecule has 1 saturated carbocycles. The second-order valence-electron chi connectivity index (χ2n) is 6.97. The Balaban J connectivity index is 1.80. The highest BCUT2D eigenvalue weighted by Gasteiger charge is 2.31. The lowest BCUT2D eigenvalue weighted by Crippen LogP contribution is -2.27. The predicted octanol–water partition coefficient (Wildman–Crippen LogP) is 1.65. The predicted molar refractivity (Wildman–Crippen MR) is 94.7 cm³/mol. The molecule has 7 nitrogen and oxygen atoms in total. The van der Waals surface area contributed by atoms with Gasteiger partial charge in [0.2, 0.25) is 0 Å². The Morgan fingerprint density at radius 3 is 2.96 bits per heavy atom. The van der Waals surface area contributed by atoms with E-state index in [0.29, 0.717) is 24.6 Å². The van der Waals surface area contributed by atoms with Crippen molar-refractivity contribution in [3.63, 3.8) is 0 Å². The Morgan fingerprint density at radius 1 is 1.44 bits per heavy atom. The molecule has 2 fully saturated rings. The minimum absolute atomic E-state index is 0.0707. The number of carbonyl (C=O) groups is 1. The zero-order valence-corrected chi connectivity index (χ0v) is 14.8. The van der Waals surface area contributed by atoms with Crippen LogP contribution in [0.25, 0.3) is 11.0 Å². The van der Waals surface area contributed by atoms with Gasteiger partial charge in [-0.1, -0.05) is 0 Å². The Bertz CT molecular complexity index is 790. The number of fused-ring (bicyclic) bond motifs is 1. The standard InChI is InChI=1S/C18H25N5O2/c1-23-17-15(16(22-23)13-4-3-7-19-13)12(18(24)20-8-9-25-2)10-14(21-17)11-5-6-11/h10-11,13,19H,3-9H2,1-2H3,(H,20,24). The molecule has 1 aliphatic heterocycles. The van der Waals surface area contributed by atoms with Gasteiger partial charge in [0.1, 0.15) is 0 Å². The first-order chi connectivity index (χ1) is 12.2. The van der Waals surface area contributed by atoms with Gasteiger partial charge in [-0.3, -0.25) is 9.48 Å². The van der Waals surface area contributed by atoms with Crippen molar-refractivity contribution in [2.24, 2.45) is 7.05 Å². The summed E-state index contributed by atoms with van der Waals surface area (Å²) < 4.78 is 6.87. The Hall–Kier alpha value is -1.99. The molecule has 4 rings (SSSR count). The number of pyridine rings is 1. The first-order valence-corrected chi connectivity index (χ1v) is 9.07. The van der Waals surface area contributed by atoms with Crippen LogP contribution in [0.15, 0.2) is 6.07 Å². The number of amides is 1. The number of hydrogen-bond donors (Lipinski definition) is 2. The van der Waals surface area contributed by atoms with E-state index in [1.165, 1.54) is 0 Å². The average molecular weight is 343 g/mol. The maximum absolute atomic E-state index is 12.9. The van der Waals surface area contributed by atoms with Gasteiger partial charge in [0.25, 0.3) is 5.91 Å². The fourth-order valence-electron chi connectivity index (χ4n) is 3.59. The fraction of sp³-hybridized carbons (Fsp3) is 0.611. The van der Waals surface area contributed by atoms with Gasteiger partial charge in [-0.15, -0.1) is 0 Å². The molecule has 7 heteroatoms. The number of carbonyl (C=O) groups excluding carboxylic acids is 1. The molecule has 134 valence electrons. The lowest BCUT2D eigenvalue weighted by Gasteiger charge is -2.11. The van der Waals surface area contributed by atoms with E-state index in [-0.39, 0.29) is 11.9 Å². The summed E-state index contributed by atoms with van der Waals surface area (Å²) in [6.45, 7) is 1.99. The van der Waals surface area contributed by atoms with E-state index in [1.807, 2.05) is 17.8 Å². The van der Waals surface area contributed by atoms with Crippen LogP contribution in [0.1, 0.15) is 59.4 Å². The molecule has 1 unspecified atom stereocenters. The van der Waals surface area contributed by atoms with Crippen molar-refractivity contribution in [2.45, 2.75) is 37.6 Å². The molecular weight excluding hydrogens is 318 g/mol. The first-order valence-electron chi connectivity index (χ1n) is 9.07. The van der Waals surface area contributed by atoms with Gasteiger partial charge >= 0.3 is 0 Å². The third kappa shape index (κ3) is 3.14. The summed E-state index contributed by atoms with van der Waals surface area (Å²) in [7, 11) is 3.55. The number of rotatable bonds is 6. The Kier molecular flexibility index (Phi) is 4.43. The van der Waals surface area contributed by atoms with Crippen molar-refractivity contribution in [3.05, 3.63) is 23.0 Å². The van der Waals surface area contributed by atoms with Gasteiger partial charge in [0.05, 0.1) is 29.3 Å². The highest BCUT2D eigenvalue weighted by Crippen LogP contribution is 2.41. The number of aryl methyl sites for hydroxylation is 1. The van der Waals surface area contributed by atoms with E-state index >= 15 is 0 Å². The van der Waals surface area contributed by atoms with Gasteiger partial charge in [0.15, 0.2) is 5.65 Å². The summed E-state index contributed by atoms with van der Waals surface area (Å²) in [6.07, 6.45) is 4.48. The first kappa shape index (κ1) is 16.5. The number of hydrogen-bond acceptors (Lipinski definition) is 5. The van der Waals surface area contributed by atoms with Crippen LogP contribution in [-0.2, 0) is 11.8 Å². The summed E-state index contributed by atoms with van der Waals surface area (Å²) in [5, 5.41) is 12.1. The minimum atomic E-state index is -0.0707. The van der Waals surface area contributed by atoms with Crippen molar-refractivity contribution in [3.8, 4) is 0 Å². The molecule has 1 amide bonds. The lowest BCUT2D eigenvalue weighted by atomic mass is 10.0. The molecule has 0 aromatic carbocycles. The van der Waals surface area contributed by atoms with Gasteiger partial charge < -0.3 is 15.4 Å². The molecular formula is C18H25N5O2. The van der Waals surface area contributed by atoms with Gasteiger partial charge in [0, 0.05) is 32.3 Å². The molecule has 0 bridgehead atoms. The largest absolute Gasteiger partial charge is 0.383 e. The minimum Gasteiger partial charge on any atom is -0.383 e. The van der Waals surface area contributed by atoms with Crippen LogP contribution < -0.4 is 10.6 Å². The van der Waals surface area contributed by atoms with Gasteiger partial charge in [-0.25, -0.2) is 4.98 Å². The molecule has 25 heavy (non-hydrogen) atoms. The summed E-state index contributed by atoms with van der Waals surface area (Å²) in [5.41, 5.74) is 3.46. The molecule has 1 aliphatic carbocycles. The van der Waals surface area contributed by atoms with E-state index in [4.69, 9.17) is 14.8 Å². The molecule has 2 aromatic rings. The Labute approximate surface area is 147 Å². The third-order valence-corrected chi connectivity index (χ3v) is 5.06. The van der Waals surface area contributed by atoms with Crippen LogP contribution in [0.4, 0.5) is 0 Å². The SMILES string of the molecule is COCCNC(=O)c1cc(C2CC2)nc2c1c(C1CCCN1)nn2C. The summed E-state index contributed by atoms with van der Waals surface area (Å²) >= 11 is 0. The lowest BCUT2D eigenvalue weighted by molar-refractivity contribution is 0.0938. The topological polar surface area (TPSA) is 81.1 Å². The molecule has 2 aliphatic rings.